The normalized spacial score (nSPS) is 12.9. The van der Waals surface area contributed by atoms with Crippen molar-refractivity contribution < 1.29 is 0 Å². The molecule has 1 atom stereocenters. The quantitative estimate of drug-likeness (QED) is 0.743. The van der Waals surface area contributed by atoms with Crippen molar-refractivity contribution in [1.29, 1.82) is 0 Å². The van der Waals surface area contributed by atoms with E-state index in [2.05, 4.69) is 71.3 Å². The number of nitrogens with one attached hydrogen (secondary N) is 1. The van der Waals surface area contributed by atoms with Crippen LogP contribution in [0.2, 0.25) is 0 Å². The molecule has 0 aromatic heterocycles. The van der Waals surface area contributed by atoms with Gasteiger partial charge in [-0.1, -0.05) is 50.6 Å². The Morgan fingerprint density at radius 1 is 1.21 bits per heavy atom. The molecule has 1 N–H and O–H groups in total. The predicted octanol–water partition coefficient (Wildman–Crippen LogP) is 4.85. The minimum atomic E-state index is 0.177. The van der Waals surface area contributed by atoms with E-state index in [1.165, 1.54) is 16.7 Å². The average molecular weight is 257 g/mol. The first-order valence-corrected chi connectivity index (χ1v) is 6.89. The molecule has 1 heteroatoms. The highest BCUT2D eigenvalue weighted by molar-refractivity contribution is 5.63. The van der Waals surface area contributed by atoms with Gasteiger partial charge in [-0.25, -0.2) is 0 Å². The zero-order chi connectivity index (χ0) is 14.6. The largest absolute Gasteiger partial charge is 0.381 e. The Morgan fingerprint density at radius 3 is 2.16 bits per heavy atom. The van der Waals surface area contributed by atoms with Crippen molar-refractivity contribution >= 4 is 5.70 Å². The Labute approximate surface area is 118 Å². The van der Waals surface area contributed by atoms with Crippen LogP contribution >= 0.6 is 0 Å². The van der Waals surface area contributed by atoms with Crippen LogP contribution in [0.3, 0.4) is 0 Å². The fraction of sp³-hybridized carbons (Fsp3) is 0.444. The van der Waals surface area contributed by atoms with E-state index >= 15 is 0 Å². The SMILES string of the molecule is C=CCC(NC(=C)c1cc(C)cc(C)c1)C(C)(C)C. The summed E-state index contributed by atoms with van der Waals surface area (Å²) in [5, 5.41) is 3.56. The number of benzene rings is 1. The van der Waals surface area contributed by atoms with Crippen LogP contribution in [0.25, 0.3) is 5.70 Å². The monoisotopic (exact) mass is 257 g/mol. The van der Waals surface area contributed by atoms with Gasteiger partial charge in [-0.05, 0) is 43.4 Å². The van der Waals surface area contributed by atoms with Crippen LogP contribution in [0.15, 0.2) is 37.4 Å². The highest BCUT2D eigenvalue weighted by Gasteiger charge is 2.23. The molecule has 0 bridgehead atoms. The molecule has 1 rings (SSSR count). The molecule has 0 spiro atoms. The summed E-state index contributed by atoms with van der Waals surface area (Å²) in [6.45, 7) is 19.0. The fourth-order valence-corrected chi connectivity index (χ4v) is 2.24. The summed E-state index contributed by atoms with van der Waals surface area (Å²) in [7, 11) is 0. The Balaban J connectivity index is 2.90. The van der Waals surface area contributed by atoms with Crippen LogP contribution in [0.5, 0.6) is 0 Å². The van der Waals surface area contributed by atoms with Crippen molar-refractivity contribution in [1.82, 2.24) is 5.32 Å². The summed E-state index contributed by atoms with van der Waals surface area (Å²) in [5.41, 5.74) is 4.89. The van der Waals surface area contributed by atoms with Crippen molar-refractivity contribution in [3.05, 3.63) is 54.1 Å². The molecule has 1 unspecified atom stereocenters. The Kier molecular flexibility index (Phi) is 4.99. The molecule has 0 radical (unpaired) electrons. The fourth-order valence-electron chi connectivity index (χ4n) is 2.24. The number of aryl methyl sites for hydroxylation is 2. The van der Waals surface area contributed by atoms with E-state index in [1.807, 2.05) is 6.08 Å². The van der Waals surface area contributed by atoms with Crippen LogP contribution in [0, 0.1) is 19.3 Å². The van der Waals surface area contributed by atoms with Gasteiger partial charge in [-0.2, -0.15) is 0 Å². The van der Waals surface area contributed by atoms with Gasteiger partial charge in [0.25, 0.3) is 0 Å². The maximum atomic E-state index is 4.20. The lowest BCUT2D eigenvalue weighted by Crippen LogP contribution is -2.38. The summed E-state index contributed by atoms with van der Waals surface area (Å²) in [6, 6.07) is 6.88. The summed E-state index contributed by atoms with van der Waals surface area (Å²) in [6.07, 6.45) is 2.91. The molecule has 0 saturated carbocycles. The van der Waals surface area contributed by atoms with E-state index in [0.717, 1.165) is 12.1 Å². The van der Waals surface area contributed by atoms with Crippen LogP contribution in [-0.4, -0.2) is 6.04 Å². The van der Waals surface area contributed by atoms with Crippen molar-refractivity contribution in [2.45, 2.75) is 47.1 Å². The standard InChI is InChI=1S/C18H27N/c1-8-9-17(18(5,6)7)19-15(4)16-11-13(2)10-14(3)12-16/h8,10-12,17,19H,1,4,9H2,2-3,5-7H3. The smallest absolute Gasteiger partial charge is 0.0343 e. The van der Waals surface area contributed by atoms with E-state index in [0.29, 0.717) is 6.04 Å². The highest BCUT2D eigenvalue weighted by Crippen LogP contribution is 2.25. The van der Waals surface area contributed by atoms with E-state index in [4.69, 9.17) is 0 Å². The second-order valence-corrected chi connectivity index (χ2v) is 6.44. The summed E-state index contributed by atoms with van der Waals surface area (Å²) < 4.78 is 0. The molecule has 0 aliphatic heterocycles. The van der Waals surface area contributed by atoms with Crippen LogP contribution in [-0.2, 0) is 0 Å². The Morgan fingerprint density at radius 2 is 1.74 bits per heavy atom. The third-order valence-electron chi connectivity index (χ3n) is 3.37. The average Bonchev–Trinajstić information content (AvgIpc) is 2.25. The molecule has 1 nitrogen and oxygen atoms in total. The summed E-state index contributed by atoms with van der Waals surface area (Å²) in [4.78, 5) is 0. The number of hydrogen-bond acceptors (Lipinski definition) is 1. The van der Waals surface area contributed by atoms with E-state index in [1.54, 1.807) is 0 Å². The summed E-state index contributed by atoms with van der Waals surface area (Å²) >= 11 is 0. The van der Waals surface area contributed by atoms with Crippen molar-refractivity contribution in [3.63, 3.8) is 0 Å². The maximum absolute atomic E-state index is 4.20. The first-order chi connectivity index (χ1) is 8.74. The zero-order valence-corrected chi connectivity index (χ0v) is 13.0. The van der Waals surface area contributed by atoms with Crippen LogP contribution < -0.4 is 5.32 Å². The zero-order valence-electron chi connectivity index (χ0n) is 13.0. The predicted molar refractivity (Wildman–Crippen MR) is 86.1 cm³/mol. The molecule has 0 aliphatic carbocycles. The van der Waals surface area contributed by atoms with Crippen molar-refractivity contribution in [3.8, 4) is 0 Å². The highest BCUT2D eigenvalue weighted by atomic mass is 14.9. The molecular formula is C18H27N. The minimum absolute atomic E-state index is 0.177. The summed E-state index contributed by atoms with van der Waals surface area (Å²) in [5.74, 6) is 0. The van der Waals surface area contributed by atoms with Crippen LogP contribution in [0.4, 0.5) is 0 Å². The topological polar surface area (TPSA) is 12.0 Å². The van der Waals surface area contributed by atoms with Gasteiger partial charge in [0.1, 0.15) is 0 Å². The molecule has 0 fully saturated rings. The third kappa shape index (κ3) is 4.59. The minimum Gasteiger partial charge on any atom is -0.381 e. The first-order valence-electron chi connectivity index (χ1n) is 6.89. The molecule has 19 heavy (non-hydrogen) atoms. The van der Waals surface area contributed by atoms with Gasteiger partial charge in [0.05, 0.1) is 0 Å². The molecular weight excluding hydrogens is 230 g/mol. The van der Waals surface area contributed by atoms with Crippen LogP contribution in [0.1, 0.15) is 43.9 Å². The van der Waals surface area contributed by atoms with Gasteiger partial charge >= 0.3 is 0 Å². The molecule has 1 aromatic rings. The lowest BCUT2D eigenvalue weighted by Gasteiger charge is -2.32. The lowest BCUT2D eigenvalue weighted by atomic mass is 9.84. The van der Waals surface area contributed by atoms with Crippen molar-refractivity contribution in [2.75, 3.05) is 0 Å². The first kappa shape index (κ1) is 15.6. The molecule has 0 saturated heterocycles. The second-order valence-electron chi connectivity index (χ2n) is 6.44. The van der Waals surface area contributed by atoms with Gasteiger partial charge in [-0.3, -0.25) is 0 Å². The Hall–Kier alpha value is -1.50. The maximum Gasteiger partial charge on any atom is 0.0343 e. The van der Waals surface area contributed by atoms with Gasteiger partial charge in [0, 0.05) is 11.7 Å². The molecule has 104 valence electrons. The van der Waals surface area contributed by atoms with E-state index < -0.39 is 0 Å². The number of rotatable bonds is 5. The molecule has 0 heterocycles. The van der Waals surface area contributed by atoms with E-state index in [-0.39, 0.29) is 5.41 Å². The third-order valence-corrected chi connectivity index (χ3v) is 3.37. The lowest BCUT2D eigenvalue weighted by molar-refractivity contribution is 0.295. The van der Waals surface area contributed by atoms with Gasteiger partial charge < -0.3 is 5.32 Å². The van der Waals surface area contributed by atoms with Gasteiger partial charge in [0.15, 0.2) is 0 Å². The Bertz CT molecular complexity index is 443. The number of hydrogen-bond donors (Lipinski definition) is 1. The van der Waals surface area contributed by atoms with E-state index in [9.17, 15) is 0 Å². The van der Waals surface area contributed by atoms with Gasteiger partial charge in [0.2, 0.25) is 0 Å². The van der Waals surface area contributed by atoms with Crippen molar-refractivity contribution in [2.24, 2.45) is 5.41 Å². The molecule has 0 amide bonds. The molecule has 1 aromatic carbocycles. The second kappa shape index (κ2) is 6.10. The molecule has 0 aliphatic rings. The van der Waals surface area contributed by atoms with Gasteiger partial charge in [-0.15, -0.1) is 6.58 Å².